The van der Waals surface area contributed by atoms with E-state index in [2.05, 4.69) is 15.2 Å². The molecule has 0 heterocycles. The first kappa shape index (κ1) is 24.9. The van der Waals surface area contributed by atoms with Crippen LogP contribution in [0.2, 0.25) is 0 Å². The number of carboxylic acid groups (broad SMARTS) is 1. The van der Waals surface area contributed by atoms with Crippen molar-refractivity contribution in [2.75, 3.05) is 14.2 Å². The average Bonchev–Trinajstić information content (AvgIpc) is 2.43. The number of carbonyl (C=O) groups is 4. The molecule has 0 saturated heterocycles. The number of methoxy groups -OCH3 is 2. The van der Waals surface area contributed by atoms with Gasteiger partial charge >= 0.3 is 24.1 Å². The van der Waals surface area contributed by atoms with Crippen LogP contribution in [0, 0.1) is 5.92 Å². The summed E-state index contributed by atoms with van der Waals surface area (Å²) in [6, 6.07) is -1.21. The predicted molar refractivity (Wildman–Crippen MR) is 71.1 cm³/mol. The lowest BCUT2D eigenvalue weighted by molar-refractivity contribution is -0.415. The van der Waals surface area contributed by atoms with Gasteiger partial charge in [0.1, 0.15) is 11.6 Å². The molecule has 0 aliphatic carbocycles. The van der Waals surface area contributed by atoms with Crippen LogP contribution in [0.15, 0.2) is 0 Å². The number of esters is 3. The van der Waals surface area contributed by atoms with Gasteiger partial charge in [0.25, 0.3) is 0 Å². The second-order valence-corrected chi connectivity index (χ2v) is 5.45. The highest BCUT2D eigenvalue weighted by molar-refractivity contribution is 6.00. The van der Waals surface area contributed by atoms with Crippen molar-refractivity contribution >= 4 is 23.9 Å². The van der Waals surface area contributed by atoms with E-state index in [1.165, 1.54) is 0 Å². The van der Waals surface area contributed by atoms with E-state index in [0.29, 0.717) is 0 Å². The summed E-state index contributed by atoms with van der Waals surface area (Å²) in [6.07, 6.45) is -5.19. The zero-order valence-electron chi connectivity index (χ0n) is 14.3. The van der Waals surface area contributed by atoms with Crippen molar-refractivity contribution in [2.45, 2.75) is 38.6 Å². The van der Waals surface area contributed by atoms with E-state index in [1.807, 2.05) is 0 Å². The normalized spacial score (nSPS) is 13.5. The summed E-state index contributed by atoms with van der Waals surface area (Å²) >= 11 is 0. The largest absolute Gasteiger partial charge is 0.542 e. The van der Waals surface area contributed by atoms with Gasteiger partial charge in [-0.25, -0.2) is 4.79 Å². The van der Waals surface area contributed by atoms with Gasteiger partial charge in [-0.05, 0) is 20.8 Å². The first-order valence-corrected chi connectivity index (χ1v) is 6.58. The molecule has 0 spiro atoms. The second-order valence-electron chi connectivity index (χ2n) is 5.45. The number of aliphatic carboxylic acids is 1. The van der Waals surface area contributed by atoms with Crippen molar-refractivity contribution in [1.29, 1.82) is 0 Å². The number of carboxylic acids is 1. The fourth-order valence-electron chi connectivity index (χ4n) is 1.20. The highest BCUT2D eigenvalue weighted by atomic mass is 19.4. The zero-order valence-corrected chi connectivity index (χ0v) is 14.3. The Morgan fingerprint density at radius 1 is 0.920 bits per heavy atom. The van der Waals surface area contributed by atoms with Gasteiger partial charge in [-0.15, -0.1) is 0 Å². The van der Waals surface area contributed by atoms with Crippen molar-refractivity contribution in [2.24, 2.45) is 5.92 Å². The molecule has 2 atom stereocenters. The lowest BCUT2D eigenvalue weighted by Crippen LogP contribution is -2.71. The Hall–Kier alpha value is -2.37. The van der Waals surface area contributed by atoms with Crippen LogP contribution in [0.5, 0.6) is 0 Å². The summed E-state index contributed by atoms with van der Waals surface area (Å²) in [5, 5.41) is 8.78. The Morgan fingerprint density at radius 2 is 1.28 bits per heavy atom. The summed E-state index contributed by atoms with van der Waals surface area (Å²) in [7, 11) is 2.26. The van der Waals surface area contributed by atoms with Crippen LogP contribution < -0.4 is 10.8 Å². The summed E-state index contributed by atoms with van der Waals surface area (Å²) in [4.78, 5) is 43.5. The maximum atomic E-state index is 11.9. The van der Waals surface area contributed by atoms with Crippen molar-refractivity contribution < 1.29 is 57.4 Å². The Labute approximate surface area is 141 Å². The minimum absolute atomic E-state index is 0.779. The third-order valence-corrected chi connectivity index (χ3v) is 2.25. The van der Waals surface area contributed by atoms with Gasteiger partial charge < -0.3 is 29.8 Å². The lowest BCUT2D eigenvalue weighted by atomic mass is 10.0. The number of quaternary nitrogens is 1. The van der Waals surface area contributed by atoms with Crippen molar-refractivity contribution in [3.63, 3.8) is 0 Å². The van der Waals surface area contributed by atoms with Crippen LogP contribution in [0.1, 0.15) is 20.8 Å². The number of rotatable bonds is 4. The van der Waals surface area contributed by atoms with Gasteiger partial charge in [-0.2, -0.15) is 13.2 Å². The second kappa shape index (κ2) is 9.81. The van der Waals surface area contributed by atoms with Crippen LogP contribution in [0.3, 0.4) is 0 Å². The number of ether oxygens (including phenoxy) is 3. The first-order valence-electron chi connectivity index (χ1n) is 6.58. The Kier molecular flexibility index (Phi) is 9.76. The number of hydrogen-bond donors (Lipinski definition) is 1. The van der Waals surface area contributed by atoms with Crippen LogP contribution in [-0.2, 0) is 33.4 Å². The molecule has 0 fully saturated rings. The SMILES string of the molecule is COC(=O)C([NH3+])C(C(=O)OC)C(=O)OC(C)(C)C.O=C([O-])C(F)(F)F. The molecule has 0 amide bonds. The average molecular weight is 375 g/mol. The molecule has 0 aliphatic heterocycles. The van der Waals surface area contributed by atoms with Gasteiger partial charge in [-0.1, -0.05) is 0 Å². The van der Waals surface area contributed by atoms with E-state index in [4.69, 9.17) is 14.6 Å². The highest BCUT2D eigenvalue weighted by Crippen LogP contribution is 2.14. The molecule has 25 heavy (non-hydrogen) atoms. The van der Waals surface area contributed by atoms with Crippen LogP contribution >= 0.6 is 0 Å². The highest BCUT2D eigenvalue weighted by Gasteiger charge is 2.44. The Bertz CT molecular complexity index is 498. The Morgan fingerprint density at radius 3 is 1.52 bits per heavy atom. The van der Waals surface area contributed by atoms with Crippen molar-refractivity contribution in [1.82, 2.24) is 0 Å². The van der Waals surface area contributed by atoms with Gasteiger partial charge in [0.05, 0.1) is 14.2 Å². The minimum Gasteiger partial charge on any atom is -0.542 e. The lowest BCUT2D eigenvalue weighted by Gasteiger charge is -2.23. The predicted octanol–water partition coefficient (Wildman–Crippen LogP) is -1.80. The molecule has 0 aliphatic rings. The number of alkyl halides is 3. The van der Waals surface area contributed by atoms with E-state index in [-0.39, 0.29) is 0 Å². The van der Waals surface area contributed by atoms with Gasteiger partial charge in [-0.3, -0.25) is 9.59 Å². The molecule has 0 aromatic rings. The van der Waals surface area contributed by atoms with Crippen LogP contribution in [0.25, 0.3) is 0 Å². The monoisotopic (exact) mass is 375 g/mol. The van der Waals surface area contributed by atoms with Crippen molar-refractivity contribution in [3.05, 3.63) is 0 Å². The van der Waals surface area contributed by atoms with E-state index < -0.39 is 47.6 Å². The molecule has 146 valence electrons. The number of carbonyl (C=O) groups excluding carboxylic acids is 4. The molecule has 0 aromatic heterocycles. The molecule has 12 heteroatoms. The summed E-state index contributed by atoms with van der Waals surface area (Å²) < 4.78 is 45.5. The quantitative estimate of drug-likeness (QED) is 0.344. The van der Waals surface area contributed by atoms with Gasteiger partial charge in [0.2, 0.25) is 12.0 Å². The summed E-state index contributed by atoms with van der Waals surface area (Å²) in [5.41, 5.74) is 2.67. The maximum Gasteiger partial charge on any atom is 0.430 e. The molecular formula is C13H20F3NO8. The molecule has 3 N–H and O–H groups in total. The van der Waals surface area contributed by atoms with Gasteiger partial charge in [0.15, 0.2) is 0 Å². The number of hydrogen-bond acceptors (Lipinski definition) is 8. The van der Waals surface area contributed by atoms with E-state index in [1.54, 1.807) is 20.8 Å². The van der Waals surface area contributed by atoms with Gasteiger partial charge in [0, 0.05) is 0 Å². The third-order valence-electron chi connectivity index (χ3n) is 2.25. The molecule has 0 saturated carbocycles. The standard InChI is InChI=1S/C11H19NO6.C2HF3O2/c1-11(2,3)18-9(14)6(8(13)16-4)7(12)10(15)17-5;3-2(4,5)1(6)7/h6-7H,12H2,1-5H3;(H,6,7). The van der Waals surface area contributed by atoms with E-state index in [0.717, 1.165) is 14.2 Å². The molecule has 0 aromatic carbocycles. The summed E-state index contributed by atoms with van der Waals surface area (Å²) in [6.45, 7) is 4.94. The molecule has 2 unspecified atom stereocenters. The van der Waals surface area contributed by atoms with Crippen LogP contribution in [-0.4, -0.2) is 55.9 Å². The molecular weight excluding hydrogens is 355 g/mol. The first-order chi connectivity index (χ1) is 11.1. The fourth-order valence-corrected chi connectivity index (χ4v) is 1.20. The summed E-state index contributed by atoms with van der Waals surface area (Å²) in [5.74, 6) is -6.96. The third kappa shape index (κ3) is 10.2. The fraction of sp³-hybridized carbons (Fsp3) is 0.692. The topological polar surface area (TPSA) is 147 Å². The van der Waals surface area contributed by atoms with Crippen molar-refractivity contribution in [3.8, 4) is 0 Å². The minimum atomic E-state index is -5.19. The smallest absolute Gasteiger partial charge is 0.430 e. The molecule has 0 bridgehead atoms. The maximum absolute atomic E-state index is 11.9. The number of halogens is 3. The van der Waals surface area contributed by atoms with E-state index in [9.17, 15) is 27.6 Å². The molecule has 0 rings (SSSR count). The zero-order chi connectivity index (χ0) is 20.6. The Balaban J connectivity index is 0. The molecule has 9 nitrogen and oxygen atoms in total. The van der Waals surface area contributed by atoms with Crippen LogP contribution in [0.4, 0.5) is 13.2 Å². The molecule has 0 radical (unpaired) electrons. The van der Waals surface area contributed by atoms with E-state index >= 15 is 0 Å².